The summed E-state index contributed by atoms with van der Waals surface area (Å²) >= 11 is 9.30. The highest BCUT2D eigenvalue weighted by Crippen LogP contribution is 2.31. The number of carbonyl (C=O) groups excluding carboxylic acids is 1. The lowest BCUT2D eigenvalue weighted by atomic mass is 9.97. The van der Waals surface area contributed by atoms with E-state index in [1.165, 1.54) is 0 Å². The van der Waals surface area contributed by atoms with Crippen molar-refractivity contribution >= 4 is 39.3 Å². The van der Waals surface area contributed by atoms with Crippen molar-refractivity contribution in [2.45, 2.75) is 26.3 Å². The van der Waals surface area contributed by atoms with Gasteiger partial charge in [0.15, 0.2) is 0 Å². The molecule has 2 heterocycles. The zero-order valence-corrected chi connectivity index (χ0v) is 13.5. The molecule has 0 aromatic carbocycles. The molecule has 4 nitrogen and oxygen atoms in total. The Labute approximate surface area is 126 Å². The van der Waals surface area contributed by atoms with Gasteiger partial charge < -0.3 is 10.2 Å². The number of aromatic nitrogens is 1. The van der Waals surface area contributed by atoms with Gasteiger partial charge in [0.25, 0.3) is 0 Å². The third kappa shape index (κ3) is 3.60. The molecule has 0 spiro atoms. The Morgan fingerprint density at radius 1 is 1.53 bits per heavy atom. The first-order valence-corrected chi connectivity index (χ1v) is 7.31. The van der Waals surface area contributed by atoms with E-state index >= 15 is 0 Å². The van der Waals surface area contributed by atoms with Crippen LogP contribution in [0.4, 0.5) is 5.82 Å². The molecule has 1 aromatic heterocycles. The summed E-state index contributed by atoms with van der Waals surface area (Å²) in [5.74, 6) is 0.974. The van der Waals surface area contributed by atoms with Gasteiger partial charge in [-0.2, -0.15) is 0 Å². The molecule has 1 saturated heterocycles. The lowest BCUT2D eigenvalue weighted by Gasteiger charge is -2.40. The summed E-state index contributed by atoms with van der Waals surface area (Å²) in [6.07, 6.45) is 1.62. The van der Waals surface area contributed by atoms with E-state index in [1.807, 2.05) is 26.8 Å². The SMILES string of the molecule is CC(C)(C)NC(=O)C1CN(c2ncc(Cl)cc2Br)C1. The van der Waals surface area contributed by atoms with E-state index in [4.69, 9.17) is 11.6 Å². The molecule has 0 atom stereocenters. The highest BCUT2D eigenvalue weighted by molar-refractivity contribution is 9.10. The summed E-state index contributed by atoms with van der Waals surface area (Å²) in [6, 6.07) is 1.81. The van der Waals surface area contributed by atoms with Crippen molar-refractivity contribution in [1.29, 1.82) is 0 Å². The molecule has 0 bridgehead atoms. The van der Waals surface area contributed by atoms with Gasteiger partial charge in [0.1, 0.15) is 5.82 Å². The molecule has 1 aromatic rings. The van der Waals surface area contributed by atoms with E-state index in [-0.39, 0.29) is 17.4 Å². The fourth-order valence-corrected chi connectivity index (χ4v) is 2.82. The molecule has 0 aliphatic carbocycles. The number of hydrogen-bond donors (Lipinski definition) is 1. The maximum Gasteiger partial charge on any atom is 0.227 e. The van der Waals surface area contributed by atoms with Gasteiger partial charge in [-0.15, -0.1) is 0 Å². The zero-order chi connectivity index (χ0) is 14.2. The molecule has 0 unspecified atom stereocenters. The summed E-state index contributed by atoms with van der Waals surface area (Å²) in [5.41, 5.74) is -0.184. The third-order valence-corrected chi connectivity index (χ3v) is 3.63. The summed E-state index contributed by atoms with van der Waals surface area (Å²) in [5, 5.41) is 3.59. The van der Waals surface area contributed by atoms with Crippen LogP contribution in [-0.4, -0.2) is 29.5 Å². The van der Waals surface area contributed by atoms with Crippen LogP contribution in [-0.2, 0) is 4.79 Å². The average Bonchev–Trinajstić information content (AvgIpc) is 2.16. The highest BCUT2D eigenvalue weighted by Gasteiger charge is 2.35. The molecule has 6 heteroatoms. The third-order valence-electron chi connectivity index (χ3n) is 2.84. The van der Waals surface area contributed by atoms with Crippen LogP contribution in [0.15, 0.2) is 16.7 Å². The van der Waals surface area contributed by atoms with Gasteiger partial charge in [0, 0.05) is 24.8 Å². The van der Waals surface area contributed by atoms with E-state index in [0.29, 0.717) is 18.1 Å². The molecule has 19 heavy (non-hydrogen) atoms. The Morgan fingerprint density at radius 3 is 2.68 bits per heavy atom. The standard InChI is InChI=1S/C13H17BrClN3O/c1-13(2,3)17-12(19)8-6-18(7-8)11-10(14)4-9(15)5-16-11/h4-5,8H,6-7H2,1-3H3,(H,17,19). The molecule has 2 rings (SSSR count). The average molecular weight is 347 g/mol. The summed E-state index contributed by atoms with van der Waals surface area (Å²) < 4.78 is 0.856. The van der Waals surface area contributed by atoms with Gasteiger partial charge in [-0.25, -0.2) is 4.98 Å². The Hall–Kier alpha value is -0.810. The maximum absolute atomic E-state index is 12.0. The number of halogens is 2. The first kappa shape index (κ1) is 14.6. The summed E-state index contributed by atoms with van der Waals surface area (Å²) in [4.78, 5) is 18.3. The van der Waals surface area contributed by atoms with Crippen LogP contribution in [0.5, 0.6) is 0 Å². The zero-order valence-electron chi connectivity index (χ0n) is 11.2. The molecule has 0 saturated carbocycles. The molecule has 0 radical (unpaired) electrons. The maximum atomic E-state index is 12.0. The summed E-state index contributed by atoms with van der Waals surface area (Å²) in [6.45, 7) is 7.33. The van der Waals surface area contributed by atoms with Crippen molar-refractivity contribution in [3.63, 3.8) is 0 Å². The molecule has 1 aliphatic heterocycles. The number of nitrogens with zero attached hydrogens (tertiary/aromatic N) is 2. The van der Waals surface area contributed by atoms with Crippen LogP contribution in [0, 0.1) is 5.92 Å². The van der Waals surface area contributed by atoms with Gasteiger partial charge in [-0.1, -0.05) is 11.6 Å². The van der Waals surface area contributed by atoms with E-state index in [9.17, 15) is 4.79 Å². The topological polar surface area (TPSA) is 45.2 Å². The van der Waals surface area contributed by atoms with Crippen molar-refractivity contribution in [1.82, 2.24) is 10.3 Å². The second-order valence-corrected chi connectivity index (χ2v) is 7.09. The molecular weight excluding hydrogens is 330 g/mol. The number of pyridine rings is 1. The number of rotatable bonds is 2. The van der Waals surface area contributed by atoms with Crippen molar-refractivity contribution in [2.24, 2.45) is 5.92 Å². The fraction of sp³-hybridized carbons (Fsp3) is 0.538. The van der Waals surface area contributed by atoms with Gasteiger partial charge in [-0.05, 0) is 42.8 Å². The second kappa shape index (κ2) is 5.29. The van der Waals surface area contributed by atoms with Crippen LogP contribution in [0.25, 0.3) is 0 Å². The lowest BCUT2D eigenvalue weighted by molar-refractivity contribution is -0.127. The van der Waals surface area contributed by atoms with E-state index < -0.39 is 0 Å². The van der Waals surface area contributed by atoms with Gasteiger partial charge in [0.05, 0.1) is 15.4 Å². The monoisotopic (exact) mass is 345 g/mol. The van der Waals surface area contributed by atoms with Crippen molar-refractivity contribution in [3.8, 4) is 0 Å². The van der Waals surface area contributed by atoms with Crippen molar-refractivity contribution in [2.75, 3.05) is 18.0 Å². The largest absolute Gasteiger partial charge is 0.354 e. The van der Waals surface area contributed by atoms with Crippen LogP contribution in [0.2, 0.25) is 5.02 Å². The van der Waals surface area contributed by atoms with E-state index in [2.05, 4.69) is 31.1 Å². The van der Waals surface area contributed by atoms with Crippen molar-refractivity contribution < 1.29 is 4.79 Å². The predicted octanol–water partition coefficient (Wildman–Crippen LogP) is 2.85. The first-order valence-electron chi connectivity index (χ1n) is 6.14. The number of carbonyl (C=O) groups is 1. The quantitative estimate of drug-likeness (QED) is 0.895. The Bertz CT molecular complexity index is 495. The van der Waals surface area contributed by atoms with Crippen LogP contribution in [0.1, 0.15) is 20.8 Å². The normalized spacial score (nSPS) is 16.2. The molecule has 1 fully saturated rings. The number of hydrogen-bond acceptors (Lipinski definition) is 3. The van der Waals surface area contributed by atoms with Gasteiger partial charge in [0.2, 0.25) is 5.91 Å². The van der Waals surface area contributed by atoms with Gasteiger partial charge in [-0.3, -0.25) is 4.79 Å². The fourth-order valence-electron chi connectivity index (χ4n) is 1.93. The highest BCUT2D eigenvalue weighted by atomic mass is 79.9. The molecule has 1 amide bonds. The second-order valence-electron chi connectivity index (χ2n) is 5.80. The Morgan fingerprint density at radius 2 is 2.16 bits per heavy atom. The molecular formula is C13H17BrClN3O. The van der Waals surface area contributed by atoms with Crippen LogP contribution < -0.4 is 10.2 Å². The summed E-state index contributed by atoms with van der Waals surface area (Å²) in [7, 11) is 0. The molecule has 1 aliphatic rings. The molecule has 1 N–H and O–H groups in total. The minimum atomic E-state index is -0.184. The van der Waals surface area contributed by atoms with Crippen molar-refractivity contribution in [3.05, 3.63) is 21.8 Å². The lowest BCUT2D eigenvalue weighted by Crippen LogP contribution is -2.56. The Balaban J connectivity index is 1.94. The van der Waals surface area contributed by atoms with E-state index in [1.54, 1.807) is 6.20 Å². The minimum Gasteiger partial charge on any atom is -0.354 e. The van der Waals surface area contributed by atoms with Crippen LogP contribution in [0.3, 0.4) is 0 Å². The smallest absolute Gasteiger partial charge is 0.227 e. The number of anilines is 1. The van der Waals surface area contributed by atoms with Gasteiger partial charge >= 0.3 is 0 Å². The van der Waals surface area contributed by atoms with E-state index in [0.717, 1.165) is 10.3 Å². The first-order chi connectivity index (χ1) is 8.76. The predicted molar refractivity (Wildman–Crippen MR) is 80.5 cm³/mol. The van der Waals surface area contributed by atoms with Crippen LogP contribution >= 0.6 is 27.5 Å². The molecule has 104 valence electrons. The number of amides is 1. The minimum absolute atomic E-state index is 0.0311. The Kier molecular flexibility index (Phi) is 4.06. The number of nitrogens with one attached hydrogen (secondary N) is 1.